The summed E-state index contributed by atoms with van der Waals surface area (Å²) >= 11 is 11.5. The zero-order chi connectivity index (χ0) is 13.1. The van der Waals surface area contributed by atoms with Crippen LogP contribution in [0.4, 0.5) is 10.1 Å². The Hall–Kier alpha value is -1.32. The van der Waals surface area contributed by atoms with E-state index in [0.29, 0.717) is 11.7 Å². The van der Waals surface area contributed by atoms with E-state index in [2.05, 4.69) is 10.3 Å². The first-order valence-electron chi connectivity index (χ1n) is 5.36. The van der Waals surface area contributed by atoms with Crippen molar-refractivity contribution in [3.05, 3.63) is 57.6 Å². The van der Waals surface area contributed by atoms with Crippen molar-refractivity contribution in [1.29, 1.82) is 0 Å². The Balaban J connectivity index is 2.06. The van der Waals surface area contributed by atoms with Gasteiger partial charge in [-0.1, -0.05) is 29.3 Å². The van der Waals surface area contributed by atoms with Gasteiger partial charge in [-0.15, -0.1) is 0 Å². The van der Waals surface area contributed by atoms with Crippen molar-refractivity contribution in [3.63, 3.8) is 0 Å². The van der Waals surface area contributed by atoms with Gasteiger partial charge in [0, 0.05) is 6.54 Å². The number of nitrogens with zero attached hydrogens (tertiary/aromatic N) is 1. The first kappa shape index (κ1) is 13.1. The summed E-state index contributed by atoms with van der Waals surface area (Å²) in [5.41, 5.74) is 2.66. The number of anilines is 1. The van der Waals surface area contributed by atoms with Crippen LogP contribution in [0.25, 0.3) is 0 Å². The van der Waals surface area contributed by atoms with Gasteiger partial charge in [-0.05, 0) is 36.2 Å². The summed E-state index contributed by atoms with van der Waals surface area (Å²) in [4.78, 5) is 4.04. The molecule has 0 saturated heterocycles. The van der Waals surface area contributed by atoms with E-state index < -0.39 is 5.82 Å². The first-order valence-corrected chi connectivity index (χ1v) is 6.12. The maximum absolute atomic E-state index is 13.0. The van der Waals surface area contributed by atoms with Crippen molar-refractivity contribution in [2.45, 2.75) is 13.5 Å². The summed E-state index contributed by atoms with van der Waals surface area (Å²) in [7, 11) is 0. The van der Waals surface area contributed by atoms with Crippen LogP contribution in [0.15, 0.2) is 30.5 Å². The smallest absolute Gasteiger partial charge is 0.141 e. The maximum Gasteiger partial charge on any atom is 0.141 e. The molecule has 2 nitrogen and oxygen atoms in total. The molecule has 1 heterocycles. The molecular weight excluding hydrogens is 274 g/mol. The molecule has 1 aromatic heterocycles. The van der Waals surface area contributed by atoms with Crippen LogP contribution in [0.3, 0.4) is 0 Å². The summed E-state index contributed by atoms with van der Waals surface area (Å²) in [6.07, 6.45) is 1.65. The van der Waals surface area contributed by atoms with Gasteiger partial charge in [-0.2, -0.15) is 0 Å². The Labute approximate surface area is 115 Å². The van der Waals surface area contributed by atoms with Crippen LogP contribution in [-0.4, -0.2) is 4.98 Å². The topological polar surface area (TPSA) is 24.9 Å². The number of hydrogen-bond acceptors (Lipinski definition) is 2. The largest absolute Gasteiger partial charge is 0.380 e. The van der Waals surface area contributed by atoms with Gasteiger partial charge < -0.3 is 5.32 Å². The molecule has 0 atom stereocenters. The normalized spacial score (nSPS) is 10.4. The minimum atomic E-state index is -0.413. The molecule has 5 heteroatoms. The zero-order valence-electron chi connectivity index (χ0n) is 9.67. The molecule has 0 unspecified atom stereocenters. The van der Waals surface area contributed by atoms with E-state index in [9.17, 15) is 4.39 Å². The van der Waals surface area contributed by atoms with Crippen molar-refractivity contribution in [2.75, 3.05) is 5.32 Å². The molecule has 0 aliphatic carbocycles. The van der Waals surface area contributed by atoms with Crippen LogP contribution < -0.4 is 5.32 Å². The molecule has 2 rings (SSSR count). The lowest BCUT2D eigenvalue weighted by molar-refractivity contribution is 0.627. The lowest BCUT2D eigenvalue weighted by Gasteiger charge is -2.08. The second-order valence-electron chi connectivity index (χ2n) is 3.93. The van der Waals surface area contributed by atoms with Gasteiger partial charge in [0.05, 0.1) is 16.9 Å². The molecule has 2 aromatic rings. The van der Waals surface area contributed by atoms with Crippen molar-refractivity contribution in [2.24, 2.45) is 0 Å². The highest BCUT2D eigenvalue weighted by Crippen LogP contribution is 2.19. The Morgan fingerprint density at radius 2 is 2.06 bits per heavy atom. The van der Waals surface area contributed by atoms with E-state index in [1.54, 1.807) is 18.3 Å². The molecule has 0 amide bonds. The third-order valence-corrected chi connectivity index (χ3v) is 3.18. The highest BCUT2D eigenvalue weighted by molar-refractivity contribution is 6.30. The van der Waals surface area contributed by atoms with Gasteiger partial charge in [0.2, 0.25) is 0 Å². The van der Waals surface area contributed by atoms with Gasteiger partial charge in [0.15, 0.2) is 0 Å². The van der Waals surface area contributed by atoms with E-state index in [-0.39, 0.29) is 5.02 Å². The van der Waals surface area contributed by atoms with Crippen LogP contribution in [0.1, 0.15) is 11.1 Å². The third kappa shape index (κ3) is 3.12. The number of aromatic nitrogens is 1. The highest BCUT2D eigenvalue weighted by Gasteiger charge is 2.02. The van der Waals surface area contributed by atoms with Crippen LogP contribution in [0, 0.1) is 12.7 Å². The van der Waals surface area contributed by atoms with Gasteiger partial charge in [0.1, 0.15) is 11.0 Å². The number of aryl methyl sites for hydroxylation is 1. The average Bonchev–Trinajstić information content (AvgIpc) is 2.35. The SMILES string of the molecule is Cc1cc(NCc2ccc(F)c(Cl)c2)cnc1Cl. The molecule has 1 N–H and O–H groups in total. The van der Waals surface area contributed by atoms with Crippen molar-refractivity contribution in [3.8, 4) is 0 Å². The Morgan fingerprint density at radius 3 is 2.72 bits per heavy atom. The molecule has 0 saturated carbocycles. The zero-order valence-corrected chi connectivity index (χ0v) is 11.2. The van der Waals surface area contributed by atoms with Crippen LogP contribution in [0.2, 0.25) is 10.2 Å². The minimum absolute atomic E-state index is 0.125. The van der Waals surface area contributed by atoms with Crippen LogP contribution >= 0.6 is 23.2 Å². The number of rotatable bonds is 3. The van der Waals surface area contributed by atoms with Gasteiger partial charge >= 0.3 is 0 Å². The van der Waals surface area contributed by atoms with Crippen LogP contribution in [-0.2, 0) is 6.54 Å². The lowest BCUT2D eigenvalue weighted by atomic mass is 10.2. The molecule has 0 radical (unpaired) electrons. The standard InChI is InChI=1S/C13H11Cl2FN2/c1-8-4-10(7-18-13(8)15)17-6-9-2-3-12(16)11(14)5-9/h2-5,7,17H,6H2,1H3. The molecule has 0 aliphatic heterocycles. The average molecular weight is 285 g/mol. The Morgan fingerprint density at radius 1 is 1.28 bits per heavy atom. The Kier molecular flexibility index (Phi) is 4.04. The first-order chi connectivity index (χ1) is 8.56. The van der Waals surface area contributed by atoms with Gasteiger partial charge in [-0.3, -0.25) is 0 Å². The minimum Gasteiger partial charge on any atom is -0.380 e. The Bertz CT molecular complexity index is 521. The number of halogens is 3. The fourth-order valence-electron chi connectivity index (χ4n) is 1.51. The van der Waals surface area contributed by atoms with E-state index in [1.165, 1.54) is 6.07 Å². The predicted octanol–water partition coefficient (Wildman–Crippen LogP) is 4.45. The van der Waals surface area contributed by atoms with Crippen molar-refractivity contribution in [1.82, 2.24) is 4.98 Å². The summed E-state index contributed by atoms with van der Waals surface area (Å²) in [5, 5.41) is 3.79. The molecule has 0 spiro atoms. The monoisotopic (exact) mass is 284 g/mol. The molecule has 0 aliphatic rings. The third-order valence-electron chi connectivity index (χ3n) is 2.50. The summed E-state index contributed by atoms with van der Waals surface area (Å²) in [6, 6.07) is 6.54. The van der Waals surface area contributed by atoms with E-state index in [0.717, 1.165) is 16.8 Å². The molecule has 94 valence electrons. The molecule has 1 aromatic carbocycles. The summed E-state index contributed by atoms with van der Waals surface area (Å²) in [5.74, 6) is -0.413. The second-order valence-corrected chi connectivity index (χ2v) is 4.70. The number of hydrogen-bond donors (Lipinski definition) is 1. The fourth-order valence-corrected chi connectivity index (χ4v) is 1.81. The predicted molar refractivity (Wildman–Crippen MR) is 72.7 cm³/mol. The quantitative estimate of drug-likeness (QED) is 0.843. The maximum atomic E-state index is 13.0. The summed E-state index contributed by atoms with van der Waals surface area (Å²) in [6.45, 7) is 2.43. The number of nitrogens with one attached hydrogen (secondary N) is 1. The van der Waals surface area contributed by atoms with E-state index >= 15 is 0 Å². The molecule has 18 heavy (non-hydrogen) atoms. The lowest BCUT2D eigenvalue weighted by Crippen LogP contribution is -2.00. The van der Waals surface area contributed by atoms with Gasteiger partial charge in [-0.25, -0.2) is 9.37 Å². The fraction of sp³-hybridized carbons (Fsp3) is 0.154. The van der Waals surface area contributed by atoms with Gasteiger partial charge in [0.25, 0.3) is 0 Å². The van der Waals surface area contributed by atoms with Crippen molar-refractivity contribution >= 4 is 28.9 Å². The molecule has 0 bridgehead atoms. The van der Waals surface area contributed by atoms with E-state index in [4.69, 9.17) is 23.2 Å². The van der Waals surface area contributed by atoms with Crippen molar-refractivity contribution < 1.29 is 4.39 Å². The molecular formula is C13H11Cl2FN2. The van der Waals surface area contributed by atoms with Crippen LogP contribution in [0.5, 0.6) is 0 Å². The van der Waals surface area contributed by atoms with E-state index in [1.807, 2.05) is 13.0 Å². The molecule has 0 fully saturated rings. The summed E-state index contributed by atoms with van der Waals surface area (Å²) < 4.78 is 13.0. The highest BCUT2D eigenvalue weighted by atomic mass is 35.5. The number of pyridine rings is 1. The second kappa shape index (κ2) is 5.55. The number of benzene rings is 1.